The van der Waals surface area contributed by atoms with Gasteiger partial charge in [-0.3, -0.25) is 19.5 Å². The van der Waals surface area contributed by atoms with Crippen molar-refractivity contribution in [2.45, 2.75) is 26.5 Å². The van der Waals surface area contributed by atoms with E-state index < -0.39 is 16.9 Å². The molecule has 0 aliphatic carbocycles. The van der Waals surface area contributed by atoms with Crippen LogP contribution in [-0.2, 0) is 16.1 Å². The smallest absolute Gasteiger partial charge is 0.338 e. The number of hydrogen-bond donors (Lipinski definition) is 0. The van der Waals surface area contributed by atoms with Crippen LogP contribution in [-0.4, -0.2) is 29.2 Å². The number of thiazole rings is 1. The van der Waals surface area contributed by atoms with Gasteiger partial charge < -0.3 is 14.2 Å². The molecule has 0 spiro atoms. The normalized spacial score (nSPS) is 14.6. The van der Waals surface area contributed by atoms with Gasteiger partial charge in [0.2, 0.25) is 0 Å². The minimum Gasteiger partial charge on any atom is -0.497 e. The van der Waals surface area contributed by atoms with Gasteiger partial charge in [0.05, 0.1) is 46.0 Å². The summed E-state index contributed by atoms with van der Waals surface area (Å²) in [7, 11) is 1.57. The number of ether oxygens (including phenoxy) is 3. The summed E-state index contributed by atoms with van der Waals surface area (Å²) < 4.78 is 18.4. The largest absolute Gasteiger partial charge is 0.497 e. The number of nitro groups is 1. The number of para-hydroxylation sites is 1. The molecule has 214 valence electrons. The number of methoxy groups -OCH3 is 1. The fraction of sp³-hybridized carbons (Fsp3) is 0.194. The summed E-state index contributed by atoms with van der Waals surface area (Å²) >= 11 is 1.23. The van der Waals surface area contributed by atoms with E-state index in [1.54, 1.807) is 81.6 Å². The molecule has 1 aliphatic rings. The van der Waals surface area contributed by atoms with Crippen LogP contribution >= 0.6 is 11.3 Å². The minimum atomic E-state index is -0.717. The average molecular weight is 586 g/mol. The van der Waals surface area contributed by atoms with E-state index in [9.17, 15) is 19.7 Å². The number of carbonyl (C=O) groups excluding carboxylic acids is 1. The molecular formula is C31H27N3O7S. The van der Waals surface area contributed by atoms with Crippen molar-refractivity contribution in [2.75, 3.05) is 13.7 Å². The number of allylic oxidation sites excluding steroid dienone is 1. The number of carbonyl (C=O) groups is 1. The second-order valence-electron chi connectivity index (χ2n) is 9.32. The van der Waals surface area contributed by atoms with E-state index in [-0.39, 0.29) is 24.5 Å². The van der Waals surface area contributed by atoms with Crippen LogP contribution in [0.15, 0.2) is 93.9 Å². The second-order valence-corrected chi connectivity index (χ2v) is 10.3. The summed E-state index contributed by atoms with van der Waals surface area (Å²) in [5, 5.41) is 11.3. The lowest BCUT2D eigenvalue weighted by atomic mass is 9.96. The predicted molar refractivity (Wildman–Crippen MR) is 157 cm³/mol. The van der Waals surface area contributed by atoms with Crippen LogP contribution in [0.5, 0.6) is 11.5 Å². The van der Waals surface area contributed by atoms with E-state index in [1.165, 1.54) is 22.0 Å². The fourth-order valence-corrected chi connectivity index (χ4v) is 5.72. The molecule has 0 amide bonds. The quantitative estimate of drug-likeness (QED) is 0.163. The third-order valence-corrected chi connectivity index (χ3v) is 7.69. The molecule has 4 aromatic rings. The van der Waals surface area contributed by atoms with Crippen LogP contribution in [0.2, 0.25) is 0 Å². The highest BCUT2D eigenvalue weighted by Crippen LogP contribution is 2.31. The molecule has 1 unspecified atom stereocenters. The number of fused-ring (bicyclic) bond motifs is 1. The molecule has 5 rings (SSSR count). The van der Waals surface area contributed by atoms with Crippen molar-refractivity contribution in [1.29, 1.82) is 0 Å². The zero-order valence-corrected chi connectivity index (χ0v) is 23.9. The summed E-state index contributed by atoms with van der Waals surface area (Å²) in [6, 6.07) is 20.0. The number of benzene rings is 3. The lowest BCUT2D eigenvalue weighted by Crippen LogP contribution is -2.39. The number of rotatable bonds is 9. The zero-order valence-electron chi connectivity index (χ0n) is 23.1. The zero-order chi connectivity index (χ0) is 29.8. The molecule has 0 bridgehead atoms. The van der Waals surface area contributed by atoms with E-state index in [0.29, 0.717) is 37.7 Å². The first-order valence-corrected chi connectivity index (χ1v) is 13.9. The first-order valence-electron chi connectivity index (χ1n) is 13.1. The lowest BCUT2D eigenvalue weighted by molar-refractivity contribution is -0.385. The molecule has 0 radical (unpaired) electrons. The Morgan fingerprint density at radius 3 is 2.43 bits per heavy atom. The third kappa shape index (κ3) is 5.72. The molecule has 1 aromatic heterocycles. The van der Waals surface area contributed by atoms with Gasteiger partial charge in [0.1, 0.15) is 18.1 Å². The third-order valence-electron chi connectivity index (χ3n) is 6.71. The van der Waals surface area contributed by atoms with Gasteiger partial charge in [0.15, 0.2) is 4.80 Å². The highest BCUT2D eigenvalue weighted by atomic mass is 32.1. The van der Waals surface area contributed by atoms with Crippen molar-refractivity contribution in [3.05, 3.63) is 131 Å². The predicted octanol–water partition coefficient (Wildman–Crippen LogP) is 4.29. The summed E-state index contributed by atoms with van der Waals surface area (Å²) in [5.74, 6) is 0.658. The number of aromatic nitrogens is 1. The molecule has 1 atom stereocenters. The maximum absolute atomic E-state index is 13.8. The molecule has 0 fully saturated rings. The van der Waals surface area contributed by atoms with Gasteiger partial charge in [-0.25, -0.2) is 9.79 Å². The minimum absolute atomic E-state index is 0.00112. The Morgan fingerprint density at radius 2 is 1.76 bits per heavy atom. The maximum Gasteiger partial charge on any atom is 0.338 e. The van der Waals surface area contributed by atoms with Crippen LogP contribution < -0.4 is 24.4 Å². The summed E-state index contributed by atoms with van der Waals surface area (Å²) in [5.41, 5.74) is 2.45. The first kappa shape index (κ1) is 28.5. The molecule has 3 aromatic carbocycles. The second kappa shape index (κ2) is 12.2. The van der Waals surface area contributed by atoms with E-state index in [0.717, 1.165) is 11.1 Å². The molecule has 2 heterocycles. The van der Waals surface area contributed by atoms with Crippen molar-refractivity contribution in [2.24, 2.45) is 4.99 Å². The maximum atomic E-state index is 13.8. The Morgan fingerprint density at radius 1 is 1.07 bits per heavy atom. The average Bonchev–Trinajstić information content (AvgIpc) is 3.30. The highest BCUT2D eigenvalue weighted by molar-refractivity contribution is 7.07. The number of nitro benzene ring substituents is 1. The molecule has 11 heteroatoms. The molecular weight excluding hydrogens is 558 g/mol. The van der Waals surface area contributed by atoms with Gasteiger partial charge in [0, 0.05) is 6.07 Å². The molecule has 0 N–H and O–H groups in total. The van der Waals surface area contributed by atoms with Crippen molar-refractivity contribution < 1.29 is 23.9 Å². The Labute approximate surface area is 244 Å². The van der Waals surface area contributed by atoms with Crippen molar-refractivity contribution in [1.82, 2.24) is 4.57 Å². The van der Waals surface area contributed by atoms with Crippen molar-refractivity contribution >= 4 is 29.1 Å². The molecule has 42 heavy (non-hydrogen) atoms. The van der Waals surface area contributed by atoms with Crippen LogP contribution in [0.25, 0.3) is 6.08 Å². The highest BCUT2D eigenvalue weighted by Gasteiger charge is 2.33. The van der Waals surface area contributed by atoms with Crippen molar-refractivity contribution in [3.8, 4) is 11.5 Å². The Bertz CT molecular complexity index is 1860. The number of esters is 1. The van der Waals surface area contributed by atoms with Crippen LogP contribution in [0.1, 0.15) is 36.6 Å². The first-order chi connectivity index (χ1) is 20.3. The van der Waals surface area contributed by atoms with Crippen LogP contribution in [0.3, 0.4) is 0 Å². The monoisotopic (exact) mass is 585 g/mol. The van der Waals surface area contributed by atoms with E-state index in [4.69, 9.17) is 14.2 Å². The van der Waals surface area contributed by atoms with Crippen molar-refractivity contribution in [3.63, 3.8) is 0 Å². The Kier molecular flexibility index (Phi) is 8.30. The van der Waals surface area contributed by atoms with Gasteiger partial charge in [0.25, 0.3) is 11.2 Å². The van der Waals surface area contributed by atoms with Crippen LogP contribution in [0.4, 0.5) is 5.69 Å². The van der Waals surface area contributed by atoms with E-state index >= 15 is 0 Å². The van der Waals surface area contributed by atoms with Gasteiger partial charge >= 0.3 is 5.97 Å². The Hall–Kier alpha value is -5.03. The standard InChI is InChI=1S/C31H27N3O7S/c1-4-40-30(36)27-19(2)32-31-33(28(27)21-11-15-23(39-3)16-12-21)29(35)26(42-31)17-20-9-13-24(14-10-20)41-18-22-7-5-6-8-25(22)34(37)38/h5-17,28H,4,18H2,1-3H3/b26-17+. The van der Waals surface area contributed by atoms with Gasteiger partial charge in [-0.15, -0.1) is 0 Å². The van der Waals surface area contributed by atoms with E-state index in [1.807, 2.05) is 12.1 Å². The lowest BCUT2D eigenvalue weighted by Gasteiger charge is -2.24. The summed E-state index contributed by atoms with van der Waals surface area (Å²) in [6.45, 7) is 3.70. The van der Waals surface area contributed by atoms with Gasteiger partial charge in [-0.1, -0.05) is 47.7 Å². The summed E-state index contributed by atoms with van der Waals surface area (Å²) in [6.07, 6.45) is 1.75. The van der Waals surface area contributed by atoms with Gasteiger partial charge in [-0.2, -0.15) is 0 Å². The molecule has 10 nitrogen and oxygen atoms in total. The van der Waals surface area contributed by atoms with Gasteiger partial charge in [-0.05, 0) is 61.4 Å². The number of nitrogens with zero attached hydrogens (tertiary/aromatic N) is 3. The Balaban J connectivity index is 1.48. The molecule has 1 aliphatic heterocycles. The number of hydrogen-bond acceptors (Lipinski definition) is 9. The SMILES string of the molecule is CCOC(=O)C1=C(C)N=c2s/c(=C/c3ccc(OCc4ccccc4[N+](=O)[O-])cc3)c(=O)n2C1c1ccc(OC)cc1. The van der Waals surface area contributed by atoms with E-state index in [2.05, 4.69) is 4.99 Å². The van der Waals surface area contributed by atoms with Crippen LogP contribution in [0, 0.1) is 10.1 Å². The topological polar surface area (TPSA) is 122 Å². The molecule has 0 saturated carbocycles. The summed E-state index contributed by atoms with van der Waals surface area (Å²) in [4.78, 5) is 42.7. The fourth-order valence-electron chi connectivity index (χ4n) is 4.68. The molecule has 0 saturated heterocycles.